The third-order valence-corrected chi connectivity index (χ3v) is 6.57. The minimum absolute atomic E-state index is 0.0842. The van der Waals surface area contributed by atoms with Gasteiger partial charge in [0.15, 0.2) is 10.9 Å². The van der Waals surface area contributed by atoms with Crippen LogP contribution in [0.1, 0.15) is 57.6 Å². The molecule has 3 heterocycles. The van der Waals surface area contributed by atoms with Gasteiger partial charge in [0, 0.05) is 41.8 Å². The maximum atomic E-state index is 13.1. The molecule has 0 aromatic carbocycles. The lowest BCUT2D eigenvalue weighted by molar-refractivity contribution is -0.118. The Morgan fingerprint density at radius 3 is 2.76 bits per heavy atom. The van der Waals surface area contributed by atoms with Crippen molar-refractivity contribution < 1.29 is 4.79 Å². The molecule has 2 N–H and O–H groups in total. The molecule has 1 atom stereocenters. The number of nitrogens with zero attached hydrogens (tertiary/aromatic N) is 2. The number of aromatic amines is 1. The van der Waals surface area contributed by atoms with Crippen molar-refractivity contribution in [2.75, 3.05) is 11.1 Å². The largest absolute Gasteiger partial charge is 0.343 e. The van der Waals surface area contributed by atoms with Crippen LogP contribution in [0.4, 0.5) is 5.82 Å². The lowest BCUT2D eigenvalue weighted by Gasteiger charge is -2.38. The van der Waals surface area contributed by atoms with Gasteiger partial charge in [-0.25, -0.2) is 4.98 Å². The van der Waals surface area contributed by atoms with Crippen LogP contribution in [-0.2, 0) is 4.79 Å². The van der Waals surface area contributed by atoms with Crippen LogP contribution >= 0.6 is 11.8 Å². The van der Waals surface area contributed by atoms with Crippen LogP contribution in [0, 0.1) is 11.3 Å². The number of rotatable bonds is 4. The first-order valence-corrected chi connectivity index (χ1v) is 10.9. The first-order valence-electron chi connectivity index (χ1n) is 9.95. The number of fused-ring (bicyclic) bond motifs is 1. The summed E-state index contributed by atoms with van der Waals surface area (Å²) in [5.74, 6) is 1.55. The predicted octanol–water partition coefficient (Wildman–Crippen LogP) is 4.11. The Morgan fingerprint density at radius 2 is 2.07 bits per heavy atom. The molecule has 0 fully saturated rings. The number of pyridine rings is 1. The fourth-order valence-electron chi connectivity index (χ4n) is 4.09. The molecule has 4 rings (SSSR count). The molecule has 1 aliphatic carbocycles. The Hall–Kier alpha value is -2.41. The van der Waals surface area contributed by atoms with Crippen molar-refractivity contribution in [1.82, 2.24) is 15.0 Å². The summed E-state index contributed by atoms with van der Waals surface area (Å²) < 4.78 is 0. The van der Waals surface area contributed by atoms with Crippen molar-refractivity contribution in [3.05, 3.63) is 57.3 Å². The molecule has 1 aliphatic heterocycles. The second kappa shape index (κ2) is 7.44. The number of carbonyl (C=O) groups excluding carboxylic acids is 1. The van der Waals surface area contributed by atoms with E-state index in [1.807, 2.05) is 12.1 Å². The fourth-order valence-corrected chi connectivity index (χ4v) is 4.90. The van der Waals surface area contributed by atoms with Gasteiger partial charge in [0.05, 0.1) is 5.56 Å². The zero-order valence-corrected chi connectivity index (χ0v) is 18.0. The third kappa shape index (κ3) is 3.88. The lowest BCUT2D eigenvalue weighted by atomic mass is 9.69. The zero-order valence-electron chi connectivity index (χ0n) is 17.2. The van der Waals surface area contributed by atoms with Crippen molar-refractivity contribution >= 4 is 23.4 Å². The van der Waals surface area contributed by atoms with Crippen LogP contribution in [0.2, 0.25) is 0 Å². The van der Waals surface area contributed by atoms with Gasteiger partial charge in [-0.3, -0.25) is 14.6 Å². The number of aromatic nitrogens is 3. The van der Waals surface area contributed by atoms with Gasteiger partial charge in [-0.05, 0) is 29.4 Å². The summed E-state index contributed by atoms with van der Waals surface area (Å²) >= 11 is 1.54. The summed E-state index contributed by atoms with van der Waals surface area (Å²) in [4.78, 5) is 38.1. The quantitative estimate of drug-likeness (QED) is 0.582. The number of anilines is 1. The molecular weight excluding hydrogens is 384 g/mol. The highest BCUT2D eigenvalue weighted by molar-refractivity contribution is 7.99. The normalized spacial score (nSPS) is 20.3. The van der Waals surface area contributed by atoms with Gasteiger partial charge in [-0.1, -0.05) is 45.5 Å². The van der Waals surface area contributed by atoms with Gasteiger partial charge in [-0.15, -0.1) is 0 Å². The molecule has 29 heavy (non-hydrogen) atoms. The van der Waals surface area contributed by atoms with Crippen molar-refractivity contribution in [2.24, 2.45) is 11.3 Å². The Morgan fingerprint density at radius 1 is 1.28 bits per heavy atom. The van der Waals surface area contributed by atoms with E-state index in [0.717, 1.165) is 23.4 Å². The van der Waals surface area contributed by atoms with E-state index >= 15 is 0 Å². The summed E-state index contributed by atoms with van der Waals surface area (Å²) in [5.41, 5.74) is 2.57. The van der Waals surface area contributed by atoms with Crippen LogP contribution in [0.5, 0.6) is 0 Å². The number of nitrogens with one attached hydrogen (secondary N) is 2. The third-order valence-electron chi connectivity index (χ3n) is 5.27. The predicted molar refractivity (Wildman–Crippen MR) is 115 cm³/mol. The minimum Gasteiger partial charge on any atom is -0.343 e. The van der Waals surface area contributed by atoms with Crippen LogP contribution in [-0.4, -0.2) is 26.5 Å². The molecule has 0 saturated heterocycles. The Bertz CT molecular complexity index is 1040. The number of Topliss-reactive ketones (excluding diaryl/α,β-unsaturated/α-hetero) is 1. The zero-order chi connectivity index (χ0) is 20.8. The van der Waals surface area contributed by atoms with Crippen molar-refractivity contribution in [3.63, 3.8) is 0 Å². The van der Waals surface area contributed by atoms with Crippen LogP contribution < -0.4 is 10.9 Å². The van der Waals surface area contributed by atoms with Crippen LogP contribution in [0.25, 0.3) is 0 Å². The van der Waals surface area contributed by atoms with Gasteiger partial charge in [0.2, 0.25) is 0 Å². The Balaban J connectivity index is 1.87. The molecule has 152 valence electrons. The molecule has 7 heteroatoms. The van der Waals surface area contributed by atoms with Crippen LogP contribution in [0.3, 0.4) is 0 Å². The molecule has 0 amide bonds. The highest BCUT2D eigenvalue weighted by atomic mass is 32.2. The van der Waals surface area contributed by atoms with E-state index in [0.29, 0.717) is 34.4 Å². The van der Waals surface area contributed by atoms with E-state index in [1.165, 1.54) is 0 Å². The van der Waals surface area contributed by atoms with Crippen molar-refractivity contribution in [1.29, 1.82) is 0 Å². The number of thioether (sulfide) groups is 1. The highest BCUT2D eigenvalue weighted by Gasteiger charge is 2.42. The topological polar surface area (TPSA) is 87.7 Å². The van der Waals surface area contributed by atoms with E-state index in [2.05, 4.69) is 43.0 Å². The number of allylic oxidation sites excluding steroid dienone is 2. The molecule has 2 aromatic heterocycles. The fraction of sp³-hybridized carbons (Fsp3) is 0.455. The molecular formula is C22H26N4O2S. The standard InChI is InChI=1S/C22H26N4O2S/c1-12(2)11-29-21-25-19-18(20(28)26-21)16(13-6-5-7-23-10-13)17-14(24-19)8-22(3,4)9-15(17)27/h5-7,10,12,16H,8-9,11H2,1-4H3,(H2,24,25,26,28). The van der Waals surface area contributed by atoms with E-state index in [-0.39, 0.29) is 16.8 Å². The van der Waals surface area contributed by atoms with E-state index in [1.54, 1.807) is 24.2 Å². The molecule has 2 aromatic rings. The second-order valence-electron chi connectivity index (χ2n) is 9.02. The van der Waals surface area contributed by atoms with Gasteiger partial charge in [0.1, 0.15) is 5.82 Å². The average Bonchev–Trinajstić information content (AvgIpc) is 2.64. The van der Waals surface area contributed by atoms with Crippen molar-refractivity contribution in [2.45, 2.75) is 51.6 Å². The number of carbonyl (C=O) groups is 1. The summed E-state index contributed by atoms with van der Waals surface area (Å²) in [7, 11) is 0. The summed E-state index contributed by atoms with van der Waals surface area (Å²) in [6.07, 6.45) is 4.64. The van der Waals surface area contributed by atoms with Crippen molar-refractivity contribution in [3.8, 4) is 0 Å². The molecule has 0 radical (unpaired) electrons. The molecule has 2 aliphatic rings. The lowest BCUT2D eigenvalue weighted by Crippen LogP contribution is -2.37. The minimum atomic E-state index is -0.445. The van der Waals surface area contributed by atoms with Crippen LogP contribution in [0.15, 0.2) is 45.7 Å². The first-order chi connectivity index (χ1) is 13.7. The van der Waals surface area contributed by atoms with E-state index < -0.39 is 5.92 Å². The smallest absolute Gasteiger partial charge is 0.257 e. The average molecular weight is 411 g/mol. The Kier molecular flexibility index (Phi) is 5.11. The number of ketones is 1. The molecule has 0 saturated carbocycles. The maximum absolute atomic E-state index is 13.1. The first kappa shape index (κ1) is 19.9. The second-order valence-corrected chi connectivity index (χ2v) is 10.0. The summed E-state index contributed by atoms with van der Waals surface area (Å²) in [6, 6.07) is 3.76. The van der Waals surface area contributed by atoms with Gasteiger partial charge in [0.25, 0.3) is 5.56 Å². The molecule has 0 bridgehead atoms. The molecule has 0 spiro atoms. The van der Waals surface area contributed by atoms with E-state index in [9.17, 15) is 9.59 Å². The highest BCUT2D eigenvalue weighted by Crippen LogP contribution is 2.47. The molecule has 1 unspecified atom stereocenters. The summed E-state index contributed by atoms with van der Waals surface area (Å²) in [6.45, 7) is 8.46. The number of hydrogen-bond acceptors (Lipinski definition) is 6. The maximum Gasteiger partial charge on any atom is 0.257 e. The SMILES string of the molecule is CC(C)CSc1nc2c(c(=O)[nH]1)C(c1cccnc1)C1=C(CC(C)(C)CC1=O)N2. The van der Waals surface area contributed by atoms with Gasteiger partial charge < -0.3 is 10.3 Å². The summed E-state index contributed by atoms with van der Waals surface area (Å²) in [5, 5.41) is 3.95. The van der Waals surface area contributed by atoms with E-state index in [4.69, 9.17) is 4.98 Å². The monoisotopic (exact) mass is 410 g/mol. The Labute approximate surface area is 174 Å². The number of hydrogen-bond donors (Lipinski definition) is 2. The van der Waals surface area contributed by atoms with Gasteiger partial charge in [-0.2, -0.15) is 0 Å². The molecule has 6 nitrogen and oxygen atoms in total. The van der Waals surface area contributed by atoms with Gasteiger partial charge >= 0.3 is 0 Å². The number of H-pyrrole nitrogens is 1.